The van der Waals surface area contributed by atoms with Crippen molar-refractivity contribution in [3.05, 3.63) is 35.6 Å². The Labute approximate surface area is 99.7 Å². The van der Waals surface area contributed by atoms with Crippen molar-refractivity contribution in [2.45, 2.75) is 6.54 Å². The lowest BCUT2D eigenvalue weighted by molar-refractivity contribution is -0.147. The number of carbonyl (C=O) groups excluding carboxylic acids is 1. The lowest BCUT2D eigenvalue weighted by atomic mass is 10.2. The van der Waals surface area contributed by atoms with Crippen LogP contribution in [0.15, 0.2) is 24.3 Å². The first kappa shape index (κ1) is 13.6. The monoisotopic (exact) mass is 241 g/mol. The van der Waals surface area contributed by atoms with Crippen LogP contribution < -0.4 is 5.32 Å². The van der Waals surface area contributed by atoms with E-state index in [1.807, 2.05) is 6.07 Å². The average Bonchev–Trinajstić information content (AvgIpc) is 2.29. The van der Waals surface area contributed by atoms with Crippen molar-refractivity contribution in [1.82, 2.24) is 5.32 Å². The molecule has 0 radical (unpaired) electrons. The number of rotatable bonds is 7. The molecule has 0 aromatic heterocycles. The van der Waals surface area contributed by atoms with Gasteiger partial charge in [0, 0.05) is 20.2 Å². The van der Waals surface area contributed by atoms with E-state index in [9.17, 15) is 9.18 Å². The van der Waals surface area contributed by atoms with Gasteiger partial charge in [0.2, 0.25) is 0 Å². The molecule has 1 aromatic rings. The van der Waals surface area contributed by atoms with Gasteiger partial charge in [-0.25, -0.2) is 9.18 Å². The van der Waals surface area contributed by atoms with Crippen LogP contribution in [0.25, 0.3) is 0 Å². The molecule has 0 saturated carbocycles. The van der Waals surface area contributed by atoms with E-state index in [0.29, 0.717) is 13.1 Å². The summed E-state index contributed by atoms with van der Waals surface area (Å²) in [6.45, 7) is 1.30. The van der Waals surface area contributed by atoms with Crippen LogP contribution in [-0.4, -0.2) is 32.8 Å². The number of hydrogen-bond acceptors (Lipinski definition) is 4. The van der Waals surface area contributed by atoms with Crippen molar-refractivity contribution < 1.29 is 18.7 Å². The highest BCUT2D eigenvalue weighted by Gasteiger charge is 2.00. The van der Waals surface area contributed by atoms with Crippen molar-refractivity contribution in [1.29, 1.82) is 0 Å². The lowest BCUT2D eigenvalue weighted by Gasteiger charge is -2.06. The third-order valence-corrected chi connectivity index (χ3v) is 2.02. The minimum Gasteiger partial charge on any atom is -0.463 e. The van der Waals surface area contributed by atoms with E-state index in [-0.39, 0.29) is 25.0 Å². The molecule has 94 valence electrons. The van der Waals surface area contributed by atoms with Gasteiger partial charge >= 0.3 is 5.97 Å². The number of halogens is 1. The third-order valence-electron chi connectivity index (χ3n) is 2.02. The highest BCUT2D eigenvalue weighted by atomic mass is 19.1. The summed E-state index contributed by atoms with van der Waals surface area (Å²) in [5.74, 6) is -0.643. The van der Waals surface area contributed by atoms with E-state index in [1.165, 1.54) is 19.2 Å². The smallest absolute Gasteiger partial charge is 0.332 e. The van der Waals surface area contributed by atoms with E-state index in [4.69, 9.17) is 4.74 Å². The van der Waals surface area contributed by atoms with Gasteiger partial charge in [-0.05, 0) is 17.7 Å². The standard InChI is InChI=1S/C12H16FNO3/c1-16-9-12(15)17-6-5-14-8-10-3-2-4-11(13)7-10/h2-4,7,14H,5-6,8-9H2,1H3. The lowest BCUT2D eigenvalue weighted by Crippen LogP contribution is -2.22. The van der Waals surface area contributed by atoms with Crippen molar-refractivity contribution in [2.75, 3.05) is 26.9 Å². The predicted octanol–water partition coefficient (Wildman–Crippen LogP) is 1.10. The van der Waals surface area contributed by atoms with Gasteiger partial charge in [0.05, 0.1) is 0 Å². The molecule has 0 spiro atoms. The summed E-state index contributed by atoms with van der Waals surface area (Å²) in [5, 5.41) is 3.04. The molecule has 4 nitrogen and oxygen atoms in total. The summed E-state index contributed by atoms with van der Waals surface area (Å²) < 4.78 is 22.3. The number of nitrogens with one attached hydrogen (secondary N) is 1. The molecule has 0 unspecified atom stereocenters. The molecule has 5 heteroatoms. The van der Waals surface area contributed by atoms with Gasteiger partial charge in [0.15, 0.2) is 0 Å². The van der Waals surface area contributed by atoms with Crippen LogP contribution in [0.3, 0.4) is 0 Å². The zero-order chi connectivity index (χ0) is 12.5. The van der Waals surface area contributed by atoms with Gasteiger partial charge in [-0.1, -0.05) is 12.1 Å². The van der Waals surface area contributed by atoms with Crippen molar-refractivity contribution in [3.63, 3.8) is 0 Å². The first-order valence-corrected chi connectivity index (χ1v) is 5.32. The van der Waals surface area contributed by atoms with Crippen LogP contribution >= 0.6 is 0 Å². The van der Waals surface area contributed by atoms with Crippen molar-refractivity contribution in [2.24, 2.45) is 0 Å². The molecule has 0 atom stereocenters. The zero-order valence-electron chi connectivity index (χ0n) is 9.74. The first-order valence-electron chi connectivity index (χ1n) is 5.32. The molecule has 0 amide bonds. The Kier molecular flexibility index (Phi) is 6.21. The first-order chi connectivity index (χ1) is 8.22. The van der Waals surface area contributed by atoms with E-state index < -0.39 is 0 Å². The predicted molar refractivity (Wildman–Crippen MR) is 60.9 cm³/mol. The van der Waals surface area contributed by atoms with Gasteiger partial charge in [-0.2, -0.15) is 0 Å². The topological polar surface area (TPSA) is 47.6 Å². The van der Waals surface area contributed by atoms with Crippen LogP contribution in [0.5, 0.6) is 0 Å². The fraction of sp³-hybridized carbons (Fsp3) is 0.417. The summed E-state index contributed by atoms with van der Waals surface area (Å²) >= 11 is 0. The summed E-state index contributed by atoms with van der Waals surface area (Å²) in [5.41, 5.74) is 0.855. The Balaban J connectivity index is 2.10. The third kappa shape index (κ3) is 5.99. The summed E-state index contributed by atoms with van der Waals surface area (Å²) in [7, 11) is 1.43. The Morgan fingerprint density at radius 1 is 1.47 bits per heavy atom. The molecule has 0 aliphatic heterocycles. The molecule has 0 aliphatic rings. The number of methoxy groups -OCH3 is 1. The fourth-order valence-electron chi connectivity index (χ4n) is 1.28. The van der Waals surface area contributed by atoms with E-state index >= 15 is 0 Å². The maximum Gasteiger partial charge on any atom is 0.332 e. The number of hydrogen-bond donors (Lipinski definition) is 1. The van der Waals surface area contributed by atoms with Gasteiger partial charge in [-0.15, -0.1) is 0 Å². The molecule has 1 N–H and O–H groups in total. The maximum atomic E-state index is 12.8. The van der Waals surface area contributed by atoms with E-state index in [1.54, 1.807) is 6.07 Å². The summed E-state index contributed by atoms with van der Waals surface area (Å²) in [6, 6.07) is 6.35. The second-order valence-electron chi connectivity index (χ2n) is 3.46. The normalized spacial score (nSPS) is 10.2. The highest BCUT2D eigenvalue weighted by Crippen LogP contribution is 2.02. The quantitative estimate of drug-likeness (QED) is 0.573. The average molecular weight is 241 g/mol. The zero-order valence-corrected chi connectivity index (χ0v) is 9.74. The van der Waals surface area contributed by atoms with Crippen LogP contribution in [-0.2, 0) is 20.8 Å². The van der Waals surface area contributed by atoms with Crippen LogP contribution in [0.4, 0.5) is 4.39 Å². The SMILES string of the molecule is COCC(=O)OCCNCc1cccc(F)c1. The Bertz CT molecular complexity index is 357. The van der Waals surface area contributed by atoms with Gasteiger partial charge < -0.3 is 14.8 Å². The minimum absolute atomic E-state index is 0.0378. The second-order valence-corrected chi connectivity index (χ2v) is 3.46. The molecular weight excluding hydrogens is 225 g/mol. The molecule has 1 aromatic carbocycles. The highest BCUT2D eigenvalue weighted by molar-refractivity contribution is 5.70. The molecule has 0 aliphatic carbocycles. The van der Waals surface area contributed by atoms with Crippen LogP contribution in [0, 0.1) is 5.82 Å². The van der Waals surface area contributed by atoms with E-state index in [0.717, 1.165) is 5.56 Å². The fourth-order valence-corrected chi connectivity index (χ4v) is 1.28. The number of benzene rings is 1. The minimum atomic E-state index is -0.389. The van der Waals surface area contributed by atoms with Gasteiger partial charge in [0.1, 0.15) is 19.0 Å². The molecule has 0 fully saturated rings. The second kappa shape index (κ2) is 7.76. The largest absolute Gasteiger partial charge is 0.463 e. The Morgan fingerprint density at radius 3 is 3.00 bits per heavy atom. The maximum absolute atomic E-state index is 12.8. The summed E-state index contributed by atoms with van der Waals surface area (Å²) in [4.78, 5) is 10.9. The molecule has 0 bridgehead atoms. The molecule has 17 heavy (non-hydrogen) atoms. The Hall–Kier alpha value is -1.46. The molecule has 0 heterocycles. The number of ether oxygens (including phenoxy) is 2. The van der Waals surface area contributed by atoms with Crippen molar-refractivity contribution >= 4 is 5.97 Å². The van der Waals surface area contributed by atoms with Gasteiger partial charge in [-0.3, -0.25) is 0 Å². The van der Waals surface area contributed by atoms with Crippen LogP contribution in [0.1, 0.15) is 5.56 Å². The van der Waals surface area contributed by atoms with Gasteiger partial charge in [0.25, 0.3) is 0 Å². The number of esters is 1. The molecule has 1 rings (SSSR count). The van der Waals surface area contributed by atoms with Crippen LogP contribution in [0.2, 0.25) is 0 Å². The molecule has 0 saturated heterocycles. The molecular formula is C12H16FNO3. The summed E-state index contributed by atoms with van der Waals surface area (Å²) in [6.07, 6.45) is 0. The van der Waals surface area contributed by atoms with Crippen molar-refractivity contribution in [3.8, 4) is 0 Å². The van der Waals surface area contributed by atoms with E-state index in [2.05, 4.69) is 10.1 Å². The number of carbonyl (C=O) groups is 1. The Morgan fingerprint density at radius 2 is 2.29 bits per heavy atom.